The van der Waals surface area contributed by atoms with Crippen LogP contribution >= 0.6 is 11.8 Å². The third-order valence-electron chi connectivity index (χ3n) is 3.92. The average molecular weight is 343 g/mol. The summed E-state index contributed by atoms with van der Waals surface area (Å²) in [6.45, 7) is 1.90. The van der Waals surface area contributed by atoms with Crippen LogP contribution in [0, 0.1) is 12.7 Å². The highest BCUT2D eigenvalue weighted by Gasteiger charge is 2.30. The van der Waals surface area contributed by atoms with Gasteiger partial charge in [0, 0.05) is 11.3 Å². The topological polar surface area (TPSA) is 70.9 Å². The number of nitrogens with zero attached hydrogens (tertiary/aromatic N) is 1. The van der Waals surface area contributed by atoms with E-state index in [0.29, 0.717) is 28.7 Å². The van der Waals surface area contributed by atoms with Crippen LogP contribution in [0.25, 0.3) is 11.3 Å². The molecular weight excluding hydrogens is 329 g/mol. The Morgan fingerprint density at radius 1 is 1.29 bits per heavy atom. The zero-order valence-corrected chi connectivity index (χ0v) is 13.6. The van der Waals surface area contributed by atoms with Gasteiger partial charge in [-0.15, -0.1) is 11.8 Å². The second kappa shape index (κ2) is 5.83. The number of carbonyl (C=O) groups excluding carboxylic acids is 1. The number of nitrogens with one attached hydrogen (secondary N) is 2. The lowest BCUT2D eigenvalue weighted by Crippen LogP contribution is -2.12. The number of fused-ring (bicyclic) bond motifs is 1. The Labute approximate surface area is 141 Å². The zero-order chi connectivity index (χ0) is 16.7. The first-order chi connectivity index (χ1) is 11.6. The van der Waals surface area contributed by atoms with Crippen molar-refractivity contribution in [2.45, 2.75) is 12.2 Å². The molecule has 0 spiro atoms. The van der Waals surface area contributed by atoms with Crippen molar-refractivity contribution in [2.75, 3.05) is 11.1 Å². The van der Waals surface area contributed by atoms with Gasteiger partial charge in [-0.25, -0.2) is 4.39 Å². The summed E-state index contributed by atoms with van der Waals surface area (Å²) in [4.78, 5) is 11.8. The van der Waals surface area contributed by atoms with Gasteiger partial charge in [0.2, 0.25) is 5.91 Å². The number of hydrogen-bond donors (Lipinski definition) is 2. The highest BCUT2D eigenvalue weighted by atomic mass is 32.2. The van der Waals surface area contributed by atoms with Crippen molar-refractivity contribution in [3.63, 3.8) is 0 Å². The number of hydrogen-bond acceptors (Lipinski definition) is 4. The van der Waals surface area contributed by atoms with Gasteiger partial charge in [0.05, 0.1) is 16.6 Å². The van der Waals surface area contributed by atoms with Gasteiger partial charge in [-0.2, -0.15) is 5.10 Å². The van der Waals surface area contributed by atoms with Crippen LogP contribution in [0.5, 0.6) is 0 Å². The summed E-state index contributed by atoms with van der Waals surface area (Å²) in [5.74, 6) is 1.53. The lowest BCUT2D eigenvalue weighted by atomic mass is 10.1. The summed E-state index contributed by atoms with van der Waals surface area (Å²) < 4.78 is 19.9. The molecule has 1 aliphatic rings. The van der Waals surface area contributed by atoms with Crippen LogP contribution in [0.15, 0.2) is 40.8 Å². The molecule has 122 valence electrons. The third kappa shape index (κ3) is 2.50. The van der Waals surface area contributed by atoms with E-state index in [2.05, 4.69) is 15.5 Å². The summed E-state index contributed by atoms with van der Waals surface area (Å²) >= 11 is 1.46. The van der Waals surface area contributed by atoms with E-state index < -0.39 is 0 Å². The summed E-state index contributed by atoms with van der Waals surface area (Å²) in [5, 5.41) is 9.65. The Bertz CT molecular complexity index is 918. The molecule has 0 aliphatic carbocycles. The fourth-order valence-corrected chi connectivity index (χ4v) is 3.92. The SMILES string of the molecule is Cc1[nH]nc2c1C(c1ccc(-c3ccccc3F)o1)SCC(=O)N2. The van der Waals surface area contributed by atoms with Crippen LogP contribution < -0.4 is 5.32 Å². The van der Waals surface area contributed by atoms with Crippen molar-refractivity contribution in [3.05, 3.63) is 59.2 Å². The number of H-pyrrole nitrogens is 1. The van der Waals surface area contributed by atoms with E-state index in [9.17, 15) is 9.18 Å². The third-order valence-corrected chi connectivity index (χ3v) is 5.15. The maximum atomic E-state index is 14.0. The zero-order valence-electron chi connectivity index (χ0n) is 12.8. The summed E-state index contributed by atoms with van der Waals surface area (Å²) in [6, 6.07) is 10.1. The first-order valence-corrected chi connectivity index (χ1v) is 8.49. The smallest absolute Gasteiger partial charge is 0.235 e. The van der Waals surface area contributed by atoms with E-state index in [1.165, 1.54) is 17.8 Å². The molecule has 0 bridgehead atoms. The molecule has 0 radical (unpaired) electrons. The molecule has 0 saturated carbocycles. The van der Waals surface area contributed by atoms with Gasteiger partial charge >= 0.3 is 0 Å². The molecule has 1 aliphatic heterocycles. The molecule has 0 saturated heterocycles. The molecule has 1 atom stereocenters. The molecule has 1 amide bonds. The van der Waals surface area contributed by atoms with Gasteiger partial charge in [0.15, 0.2) is 5.82 Å². The fraction of sp³-hybridized carbons (Fsp3) is 0.176. The number of furan rings is 1. The number of aromatic amines is 1. The van der Waals surface area contributed by atoms with Crippen LogP contribution in [0.1, 0.15) is 22.3 Å². The molecule has 3 aromatic rings. The number of halogens is 1. The molecule has 7 heteroatoms. The van der Waals surface area contributed by atoms with Crippen molar-refractivity contribution < 1.29 is 13.6 Å². The largest absolute Gasteiger partial charge is 0.459 e. The van der Waals surface area contributed by atoms with Crippen LogP contribution in [0.4, 0.5) is 10.2 Å². The van der Waals surface area contributed by atoms with Crippen LogP contribution in [-0.4, -0.2) is 21.9 Å². The molecule has 3 heterocycles. The van der Waals surface area contributed by atoms with Crippen molar-refractivity contribution in [1.29, 1.82) is 0 Å². The Balaban J connectivity index is 1.76. The minimum Gasteiger partial charge on any atom is -0.459 e. The molecule has 1 unspecified atom stereocenters. The number of aromatic nitrogens is 2. The van der Waals surface area contributed by atoms with E-state index in [-0.39, 0.29) is 17.0 Å². The number of rotatable bonds is 2. The van der Waals surface area contributed by atoms with Gasteiger partial charge in [-0.05, 0) is 31.2 Å². The molecule has 5 nitrogen and oxygen atoms in total. The standard InChI is InChI=1S/C17H14FN3O2S/c1-9-15-16(24-8-14(22)19-17(15)21-20-9)13-7-6-12(23-13)10-4-2-3-5-11(10)18/h2-7,16H,8H2,1H3,(H2,19,20,21,22). The minimum atomic E-state index is -0.330. The molecule has 4 rings (SSSR count). The van der Waals surface area contributed by atoms with E-state index >= 15 is 0 Å². The number of carbonyl (C=O) groups is 1. The molecule has 0 fully saturated rings. The van der Waals surface area contributed by atoms with E-state index in [1.54, 1.807) is 24.3 Å². The molecule has 24 heavy (non-hydrogen) atoms. The minimum absolute atomic E-state index is 0.101. The van der Waals surface area contributed by atoms with E-state index in [1.807, 2.05) is 13.0 Å². The predicted molar refractivity (Wildman–Crippen MR) is 90.4 cm³/mol. The Hall–Kier alpha value is -2.54. The number of anilines is 1. The van der Waals surface area contributed by atoms with E-state index in [0.717, 1.165) is 11.3 Å². The summed E-state index contributed by atoms with van der Waals surface area (Å²) in [7, 11) is 0. The first-order valence-electron chi connectivity index (χ1n) is 7.44. The second-order valence-corrected chi connectivity index (χ2v) is 6.63. The van der Waals surface area contributed by atoms with Gasteiger partial charge in [-0.3, -0.25) is 9.89 Å². The van der Waals surface area contributed by atoms with E-state index in [4.69, 9.17) is 4.42 Å². The molecule has 1 aromatic carbocycles. The van der Waals surface area contributed by atoms with Gasteiger partial charge in [0.25, 0.3) is 0 Å². The maximum absolute atomic E-state index is 14.0. The lowest BCUT2D eigenvalue weighted by Gasteiger charge is -2.11. The Morgan fingerprint density at radius 2 is 2.12 bits per heavy atom. The second-order valence-electron chi connectivity index (χ2n) is 5.53. The van der Waals surface area contributed by atoms with Crippen LogP contribution in [-0.2, 0) is 4.79 Å². The monoisotopic (exact) mass is 343 g/mol. The molecule has 2 aromatic heterocycles. The average Bonchev–Trinajstić information content (AvgIpc) is 3.13. The van der Waals surface area contributed by atoms with Gasteiger partial charge < -0.3 is 9.73 Å². The fourth-order valence-electron chi connectivity index (χ4n) is 2.79. The number of benzene rings is 1. The molecular formula is C17H14FN3O2S. The maximum Gasteiger partial charge on any atom is 0.235 e. The van der Waals surface area contributed by atoms with Crippen molar-refractivity contribution in [2.24, 2.45) is 0 Å². The van der Waals surface area contributed by atoms with Crippen molar-refractivity contribution >= 4 is 23.5 Å². The van der Waals surface area contributed by atoms with Crippen molar-refractivity contribution in [3.8, 4) is 11.3 Å². The number of thioether (sulfide) groups is 1. The Kier molecular flexibility index (Phi) is 3.65. The predicted octanol–water partition coefficient (Wildman–Crippen LogP) is 3.89. The lowest BCUT2D eigenvalue weighted by molar-refractivity contribution is -0.113. The highest BCUT2D eigenvalue weighted by Crippen LogP contribution is 2.43. The normalized spacial score (nSPS) is 17.2. The van der Waals surface area contributed by atoms with Gasteiger partial charge in [-0.1, -0.05) is 12.1 Å². The molecule has 2 N–H and O–H groups in total. The summed E-state index contributed by atoms with van der Waals surface area (Å²) in [6.07, 6.45) is 0. The van der Waals surface area contributed by atoms with Crippen LogP contribution in [0.3, 0.4) is 0 Å². The quantitative estimate of drug-likeness (QED) is 0.740. The van der Waals surface area contributed by atoms with Crippen LogP contribution in [0.2, 0.25) is 0 Å². The number of amides is 1. The first kappa shape index (κ1) is 15.0. The summed E-state index contributed by atoms with van der Waals surface area (Å²) in [5.41, 5.74) is 2.18. The number of aryl methyl sites for hydroxylation is 1. The van der Waals surface area contributed by atoms with Gasteiger partial charge in [0.1, 0.15) is 17.3 Å². The van der Waals surface area contributed by atoms with Crippen molar-refractivity contribution in [1.82, 2.24) is 10.2 Å². The highest BCUT2D eigenvalue weighted by molar-refractivity contribution is 8.00. The Morgan fingerprint density at radius 3 is 2.96 bits per heavy atom.